The Kier molecular flexibility index (Phi) is 5.92. The van der Waals surface area contributed by atoms with Crippen LogP contribution in [-0.4, -0.2) is 44.4 Å². The van der Waals surface area contributed by atoms with E-state index in [1.54, 1.807) is 36.4 Å². The van der Waals surface area contributed by atoms with Crippen LogP contribution in [-0.2, 0) is 14.0 Å². The molecule has 8 heteroatoms. The molecule has 1 aliphatic heterocycles. The number of methoxy groups -OCH3 is 2. The molecule has 1 aliphatic rings. The van der Waals surface area contributed by atoms with Gasteiger partial charge < -0.3 is 24.1 Å². The van der Waals surface area contributed by atoms with Crippen molar-refractivity contribution in [1.29, 1.82) is 0 Å². The van der Waals surface area contributed by atoms with Crippen LogP contribution >= 0.6 is 0 Å². The third-order valence-corrected chi connectivity index (χ3v) is 5.57. The van der Waals surface area contributed by atoms with Gasteiger partial charge in [-0.05, 0) is 58.0 Å². The van der Waals surface area contributed by atoms with E-state index in [0.717, 1.165) is 0 Å². The van der Waals surface area contributed by atoms with Crippen molar-refractivity contribution >= 4 is 30.1 Å². The highest BCUT2D eigenvalue weighted by atomic mass is 16.7. The summed E-state index contributed by atoms with van der Waals surface area (Å²) in [6.07, 6.45) is 0. The molecule has 0 spiro atoms. The molecule has 0 unspecified atom stereocenters. The molecule has 7 nitrogen and oxygen atoms in total. The highest BCUT2D eigenvalue weighted by Gasteiger charge is 2.52. The van der Waals surface area contributed by atoms with Crippen LogP contribution < -0.4 is 15.5 Å². The van der Waals surface area contributed by atoms with E-state index in [1.165, 1.54) is 14.2 Å². The number of amides is 1. The van der Waals surface area contributed by atoms with Gasteiger partial charge in [-0.25, -0.2) is 4.79 Å². The van der Waals surface area contributed by atoms with Gasteiger partial charge in [0, 0.05) is 11.2 Å². The SMILES string of the molecule is COC(=O)c1ccc(NC(=O)c2cccc(B3OC(C)(C)C(C)(C)O3)c2OC)cc1. The van der Waals surface area contributed by atoms with E-state index in [0.29, 0.717) is 28.0 Å². The number of ether oxygens (including phenoxy) is 2. The van der Waals surface area contributed by atoms with Crippen LogP contribution in [0.15, 0.2) is 42.5 Å². The highest BCUT2D eigenvalue weighted by molar-refractivity contribution is 6.63. The fourth-order valence-electron chi connectivity index (χ4n) is 3.12. The number of rotatable bonds is 5. The summed E-state index contributed by atoms with van der Waals surface area (Å²) >= 11 is 0. The van der Waals surface area contributed by atoms with Gasteiger partial charge in [0.2, 0.25) is 0 Å². The Labute approximate surface area is 176 Å². The smallest absolute Gasteiger partial charge is 0.496 e. The third-order valence-electron chi connectivity index (χ3n) is 5.57. The van der Waals surface area contributed by atoms with Crippen LogP contribution in [0.1, 0.15) is 48.4 Å². The standard InChI is InChI=1S/C22H26BNO6/c1-21(2)22(3,4)30-23(29-21)17-9-7-8-16(18(17)27-5)19(25)24-15-12-10-14(11-13-15)20(26)28-6/h7-13H,1-6H3,(H,24,25). The minimum Gasteiger partial charge on any atom is -0.496 e. The summed E-state index contributed by atoms with van der Waals surface area (Å²) < 4.78 is 22.5. The molecule has 0 saturated carbocycles. The second kappa shape index (κ2) is 8.12. The number of nitrogens with one attached hydrogen (secondary N) is 1. The second-order valence-corrected chi connectivity index (χ2v) is 8.04. The molecule has 0 radical (unpaired) electrons. The van der Waals surface area contributed by atoms with Crippen molar-refractivity contribution in [2.75, 3.05) is 19.5 Å². The van der Waals surface area contributed by atoms with Crippen LogP contribution in [0.25, 0.3) is 0 Å². The largest absolute Gasteiger partial charge is 0.498 e. The summed E-state index contributed by atoms with van der Waals surface area (Å²) in [4.78, 5) is 24.5. The summed E-state index contributed by atoms with van der Waals surface area (Å²) in [7, 11) is 2.17. The Morgan fingerprint density at radius 3 is 2.07 bits per heavy atom. The van der Waals surface area contributed by atoms with Crippen LogP contribution in [0.5, 0.6) is 5.75 Å². The van der Waals surface area contributed by atoms with E-state index in [4.69, 9.17) is 14.0 Å². The van der Waals surface area contributed by atoms with Crippen LogP contribution in [0, 0.1) is 0 Å². The number of hydrogen-bond donors (Lipinski definition) is 1. The van der Waals surface area contributed by atoms with Crippen molar-refractivity contribution in [2.24, 2.45) is 0 Å². The lowest BCUT2D eigenvalue weighted by molar-refractivity contribution is 0.00578. The van der Waals surface area contributed by atoms with Gasteiger partial charge in [-0.3, -0.25) is 4.79 Å². The summed E-state index contributed by atoms with van der Waals surface area (Å²) in [6.45, 7) is 7.87. The zero-order valence-electron chi connectivity index (χ0n) is 18.1. The van der Waals surface area contributed by atoms with E-state index in [1.807, 2.05) is 33.8 Å². The quantitative estimate of drug-likeness (QED) is 0.602. The second-order valence-electron chi connectivity index (χ2n) is 8.04. The molecule has 1 amide bonds. The van der Waals surface area contributed by atoms with E-state index in [2.05, 4.69) is 10.1 Å². The fourth-order valence-corrected chi connectivity index (χ4v) is 3.12. The molecule has 1 fully saturated rings. The molecule has 158 valence electrons. The van der Waals surface area contributed by atoms with Gasteiger partial charge in [-0.15, -0.1) is 0 Å². The third kappa shape index (κ3) is 4.06. The van der Waals surface area contributed by atoms with Gasteiger partial charge in [0.25, 0.3) is 5.91 Å². The van der Waals surface area contributed by atoms with Crippen LogP contribution in [0.3, 0.4) is 0 Å². The van der Waals surface area contributed by atoms with Crippen molar-refractivity contribution < 1.29 is 28.4 Å². The predicted molar refractivity (Wildman–Crippen MR) is 114 cm³/mol. The van der Waals surface area contributed by atoms with Gasteiger partial charge >= 0.3 is 13.1 Å². The Morgan fingerprint density at radius 2 is 1.53 bits per heavy atom. The molecule has 0 atom stereocenters. The number of anilines is 1. The lowest BCUT2D eigenvalue weighted by atomic mass is 9.77. The highest BCUT2D eigenvalue weighted by Crippen LogP contribution is 2.37. The Bertz CT molecular complexity index is 939. The fraction of sp³-hybridized carbons (Fsp3) is 0.364. The predicted octanol–water partition coefficient (Wildman–Crippen LogP) is 3.03. The number of carbonyl (C=O) groups is 2. The Hall–Kier alpha value is -2.84. The molecule has 1 heterocycles. The zero-order valence-corrected chi connectivity index (χ0v) is 18.1. The number of hydrogen-bond acceptors (Lipinski definition) is 6. The van der Waals surface area contributed by atoms with E-state index in [-0.39, 0.29) is 5.91 Å². The first kappa shape index (κ1) is 21.9. The Balaban J connectivity index is 1.85. The normalized spacial score (nSPS) is 16.8. The number of para-hydroxylation sites is 1. The molecule has 3 rings (SSSR count). The minimum atomic E-state index is -0.656. The lowest BCUT2D eigenvalue weighted by Gasteiger charge is -2.32. The monoisotopic (exact) mass is 411 g/mol. The van der Waals surface area contributed by atoms with E-state index >= 15 is 0 Å². The van der Waals surface area contributed by atoms with Crippen LogP contribution in [0.2, 0.25) is 0 Å². The maximum Gasteiger partial charge on any atom is 0.498 e. The molecule has 1 N–H and O–H groups in total. The summed E-state index contributed by atoms with van der Waals surface area (Å²) in [5, 5.41) is 2.81. The van der Waals surface area contributed by atoms with E-state index < -0.39 is 24.3 Å². The summed E-state index contributed by atoms with van der Waals surface area (Å²) in [5.41, 5.74) is 0.906. The van der Waals surface area contributed by atoms with E-state index in [9.17, 15) is 9.59 Å². The first-order chi connectivity index (χ1) is 14.1. The first-order valence-electron chi connectivity index (χ1n) is 9.62. The molecule has 2 aromatic rings. The average Bonchev–Trinajstić information content (AvgIpc) is 2.94. The summed E-state index contributed by atoms with van der Waals surface area (Å²) in [6, 6.07) is 11.7. The molecule has 0 aliphatic carbocycles. The minimum absolute atomic E-state index is 0.349. The van der Waals surface area contributed by atoms with Crippen molar-refractivity contribution in [2.45, 2.75) is 38.9 Å². The Morgan fingerprint density at radius 1 is 0.933 bits per heavy atom. The van der Waals surface area contributed by atoms with Crippen LogP contribution in [0.4, 0.5) is 5.69 Å². The molecule has 0 aromatic heterocycles. The van der Waals surface area contributed by atoms with Gasteiger partial charge in [0.1, 0.15) is 5.75 Å². The molecule has 1 saturated heterocycles. The van der Waals surface area contributed by atoms with Gasteiger partial charge in [-0.1, -0.05) is 12.1 Å². The van der Waals surface area contributed by atoms with Crippen molar-refractivity contribution in [1.82, 2.24) is 0 Å². The van der Waals surface area contributed by atoms with Gasteiger partial charge in [0.15, 0.2) is 0 Å². The van der Waals surface area contributed by atoms with Gasteiger partial charge in [-0.2, -0.15) is 0 Å². The molecular weight excluding hydrogens is 385 g/mol. The van der Waals surface area contributed by atoms with Crippen molar-refractivity contribution in [3.05, 3.63) is 53.6 Å². The van der Waals surface area contributed by atoms with Gasteiger partial charge in [0.05, 0.1) is 36.5 Å². The maximum absolute atomic E-state index is 12.9. The number of benzene rings is 2. The topological polar surface area (TPSA) is 83.1 Å². The molecule has 0 bridgehead atoms. The summed E-state index contributed by atoms with van der Waals surface area (Å²) in [5.74, 6) is -0.402. The van der Waals surface area contributed by atoms with Crippen molar-refractivity contribution in [3.63, 3.8) is 0 Å². The lowest BCUT2D eigenvalue weighted by Crippen LogP contribution is -2.41. The first-order valence-corrected chi connectivity index (χ1v) is 9.62. The average molecular weight is 411 g/mol. The number of carbonyl (C=O) groups excluding carboxylic acids is 2. The molecule has 2 aromatic carbocycles. The molecule has 30 heavy (non-hydrogen) atoms. The van der Waals surface area contributed by atoms with Crippen molar-refractivity contribution in [3.8, 4) is 5.75 Å². The zero-order chi connectivity index (χ0) is 22.1. The molecular formula is C22H26BNO6. The maximum atomic E-state index is 12.9. The number of esters is 1.